The summed E-state index contributed by atoms with van der Waals surface area (Å²) in [6, 6.07) is 5.08. The molecule has 0 heterocycles. The van der Waals surface area contributed by atoms with Crippen LogP contribution in [0.1, 0.15) is 17.3 Å². The van der Waals surface area contributed by atoms with Crippen LogP contribution >= 0.6 is 0 Å². The van der Waals surface area contributed by atoms with Gasteiger partial charge in [0, 0.05) is 19.8 Å². The average molecular weight is 223 g/mol. The van der Waals surface area contributed by atoms with Crippen molar-refractivity contribution in [3.8, 4) is 0 Å². The highest BCUT2D eigenvalue weighted by Gasteiger charge is 2.13. The van der Waals surface area contributed by atoms with Crippen molar-refractivity contribution in [2.75, 3.05) is 31.9 Å². The van der Waals surface area contributed by atoms with Crippen LogP contribution in [0.5, 0.6) is 0 Å². The first-order chi connectivity index (χ1) is 7.54. The second-order valence-electron chi connectivity index (χ2n) is 3.53. The molecule has 0 spiro atoms. The molecule has 5 nitrogen and oxygen atoms in total. The zero-order chi connectivity index (χ0) is 12.1. The second-order valence-corrected chi connectivity index (χ2v) is 3.53. The topological polar surface area (TPSA) is 67.6 Å². The molecule has 16 heavy (non-hydrogen) atoms. The highest BCUT2D eigenvalue weighted by atomic mass is 16.5. The zero-order valence-electron chi connectivity index (χ0n) is 9.78. The molecular formula is C11H17N3O2. The van der Waals surface area contributed by atoms with Gasteiger partial charge in [-0.1, -0.05) is 0 Å². The van der Waals surface area contributed by atoms with E-state index in [1.54, 1.807) is 30.1 Å². The summed E-state index contributed by atoms with van der Waals surface area (Å²) < 4.78 is 4.95. The number of hydrogen-bond donors (Lipinski definition) is 2. The Morgan fingerprint density at radius 3 is 2.75 bits per heavy atom. The molecule has 0 aliphatic rings. The van der Waals surface area contributed by atoms with Crippen LogP contribution in [0.15, 0.2) is 18.2 Å². The van der Waals surface area contributed by atoms with Crippen LogP contribution in [-0.2, 0) is 4.74 Å². The Bertz CT molecular complexity index is 377. The van der Waals surface area contributed by atoms with Crippen molar-refractivity contribution in [3.63, 3.8) is 0 Å². The highest BCUT2D eigenvalue weighted by molar-refractivity contribution is 5.96. The molecule has 0 radical (unpaired) electrons. The molecule has 0 fully saturated rings. The maximum atomic E-state index is 11.7. The van der Waals surface area contributed by atoms with Gasteiger partial charge < -0.3 is 15.9 Å². The molecule has 0 atom stereocenters. The van der Waals surface area contributed by atoms with Crippen LogP contribution in [0.25, 0.3) is 0 Å². The molecule has 0 saturated heterocycles. The lowest BCUT2D eigenvalue weighted by Gasteiger charge is -2.16. The van der Waals surface area contributed by atoms with E-state index in [4.69, 9.17) is 10.5 Å². The number of ether oxygens (including phenoxy) is 1. The molecule has 88 valence electrons. The van der Waals surface area contributed by atoms with Crippen LogP contribution in [0.2, 0.25) is 0 Å². The van der Waals surface area contributed by atoms with Crippen molar-refractivity contribution in [2.45, 2.75) is 6.92 Å². The fraction of sp³-hybridized carbons (Fsp3) is 0.364. The zero-order valence-corrected chi connectivity index (χ0v) is 9.78. The van der Waals surface area contributed by atoms with Gasteiger partial charge in [0.05, 0.1) is 17.9 Å². The maximum absolute atomic E-state index is 11.7. The standard InChI is InChI=1S/C11H17N3O2/c1-4-16-11(15)9-7-8(12)5-6-10(9)13-14(2)3/h5-7,13H,4,12H2,1-3H3. The van der Waals surface area contributed by atoms with Gasteiger partial charge in [0.1, 0.15) is 0 Å². The molecule has 1 rings (SSSR count). The normalized spacial score (nSPS) is 10.2. The van der Waals surface area contributed by atoms with Crippen LogP contribution in [-0.4, -0.2) is 31.7 Å². The van der Waals surface area contributed by atoms with Gasteiger partial charge in [-0.25, -0.2) is 9.80 Å². The van der Waals surface area contributed by atoms with Crippen molar-refractivity contribution in [2.24, 2.45) is 0 Å². The van der Waals surface area contributed by atoms with Gasteiger partial charge in [-0.3, -0.25) is 0 Å². The van der Waals surface area contributed by atoms with E-state index in [1.165, 1.54) is 0 Å². The van der Waals surface area contributed by atoms with Crippen molar-refractivity contribution < 1.29 is 9.53 Å². The largest absolute Gasteiger partial charge is 0.462 e. The minimum absolute atomic E-state index is 0.342. The Hall–Kier alpha value is -1.75. The molecule has 1 aromatic carbocycles. The number of carbonyl (C=O) groups is 1. The van der Waals surface area contributed by atoms with Crippen LogP contribution in [0.4, 0.5) is 11.4 Å². The molecule has 0 bridgehead atoms. The Kier molecular flexibility index (Phi) is 4.13. The fourth-order valence-electron chi connectivity index (χ4n) is 1.28. The Morgan fingerprint density at radius 1 is 1.50 bits per heavy atom. The van der Waals surface area contributed by atoms with E-state index >= 15 is 0 Å². The first-order valence-corrected chi connectivity index (χ1v) is 5.05. The average Bonchev–Trinajstić information content (AvgIpc) is 2.20. The minimum atomic E-state index is -0.376. The number of esters is 1. The molecule has 0 amide bonds. The number of rotatable bonds is 4. The highest BCUT2D eigenvalue weighted by Crippen LogP contribution is 2.20. The molecular weight excluding hydrogens is 206 g/mol. The van der Waals surface area contributed by atoms with Gasteiger partial charge in [0.2, 0.25) is 0 Å². The molecule has 0 saturated carbocycles. The van der Waals surface area contributed by atoms with E-state index in [0.29, 0.717) is 23.5 Å². The summed E-state index contributed by atoms with van der Waals surface area (Å²) in [5.74, 6) is -0.376. The number of hydrogen-bond acceptors (Lipinski definition) is 5. The Morgan fingerprint density at radius 2 is 2.19 bits per heavy atom. The number of nitrogens with two attached hydrogens (primary N) is 1. The number of nitrogen functional groups attached to an aromatic ring is 1. The molecule has 3 N–H and O–H groups in total. The minimum Gasteiger partial charge on any atom is -0.462 e. The number of carbonyl (C=O) groups excluding carboxylic acids is 1. The molecule has 1 aromatic rings. The van der Waals surface area contributed by atoms with Crippen molar-refractivity contribution >= 4 is 17.3 Å². The lowest BCUT2D eigenvalue weighted by atomic mass is 10.1. The summed E-state index contributed by atoms with van der Waals surface area (Å²) in [4.78, 5) is 11.7. The lowest BCUT2D eigenvalue weighted by Crippen LogP contribution is -2.22. The number of nitrogens with zero attached hydrogens (tertiary/aromatic N) is 1. The van der Waals surface area contributed by atoms with Crippen LogP contribution in [0, 0.1) is 0 Å². The van der Waals surface area contributed by atoms with Gasteiger partial charge >= 0.3 is 5.97 Å². The third kappa shape index (κ3) is 3.13. The number of anilines is 2. The molecule has 5 heteroatoms. The lowest BCUT2D eigenvalue weighted by molar-refractivity contribution is 0.0527. The number of hydrazine groups is 1. The van der Waals surface area contributed by atoms with Crippen molar-refractivity contribution in [3.05, 3.63) is 23.8 Å². The third-order valence-electron chi connectivity index (χ3n) is 1.88. The monoisotopic (exact) mass is 223 g/mol. The smallest absolute Gasteiger partial charge is 0.340 e. The van der Waals surface area contributed by atoms with E-state index in [1.807, 2.05) is 14.1 Å². The van der Waals surface area contributed by atoms with Crippen LogP contribution < -0.4 is 11.2 Å². The Balaban J connectivity index is 3.02. The molecule has 0 unspecified atom stereocenters. The van der Waals surface area contributed by atoms with E-state index in [-0.39, 0.29) is 5.97 Å². The predicted octanol–water partition coefficient (Wildman–Crippen LogP) is 1.33. The number of nitrogens with one attached hydrogen (secondary N) is 1. The second kappa shape index (κ2) is 5.37. The third-order valence-corrected chi connectivity index (χ3v) is 1.88. The van der Waals surface area contributed by atoms with Gasteiger partial charge in [0.25, 0.3) is 0 Å². The van der Waals surface area contributed by atoms with Gasteiger partial charge in [-0.2, -0.15) is 0 Å². The first-order valence-electron chi connectivity index (χ1n) is 5.05. The van der Waals surface area contributed by atoms with Crippen LogP contribution in [0.3, 0.4) is 0 Å². The SMILES string of the molecule is CCOC(=O)c1cc(N)ccc1NN(C)C. The van der Waals surface area contributed by atoms with E-state index in [9.17, 15) is 4.79 Å². The van der Waals surface area contributed by atoms with E-state index in [0.717, 1.165) is 0 Å². The first kappa shape index (κ1) is 12.3. The summed E-state index contributed by atoms with van der Waals surface area (Å²) in [6.07, 6.45) is 0. The summed E-state index contributed by atoms with van der Waals surface area (Å²) in [5, 5.41) is 1.74. The summed E-state index contributed by atoms with van der Waals surface area (Å²) >= 11 is 0. The van der Waals surface area contributed by atoms with Gasteiger partial charge in [0.15, 0.2) is 0 Å². The maximum Gasteiger partial charge on any atom is 0.340 e. The fourth-order valence-corrected chi connectivity index (χ4v) is 1.28. The molecule has 0 aromatic heterocycles. The number of benzene rings is 1. The summed E-state index contributed by atoms with van der Waals surface area (Å²) in [5.41, 5.74) is 10.3. The molecule has 0 aliphatic carbocycles. The molecule has 0 aliphatic heterocycles. The van der Waals surface area contributed by atoms with Crippen molar-refractivity contribution in [1.29, 1.82) is 0 Å². The van der Waals surface area contributed by atoms with E-state index < -0.39 is 0 Å². The van der Waals surface area contributed by atoms with E-state index in [2.05, 4.69) is 5.43 Å². The quantitative estimate of drug-likeness (QED) is 0.458. The van der Waals surface area contributed by atoms with Gasteiger partial charge in [-0.05, 0) is 25.1 Å². The summed E-state index contributed by atoms with van der Waals surface area (Å²) in [6.45, 7) is 2.11. The predicted molar refractivity (Wildman–Crippen MR) is 64.1 cm³/mol. The van der Waals surface area contributed by atoms with Crippen molar-refractivity contribution in [1.82, 2.24) is 5.01 Å². The Labute approximate surface area is 95.2 Å². The summed E-state index contributed by atoms with van der Waals surface area (Å²) in [7, 11) is 3.68. The van der Waals surface area contributed by atoms with Gasteiger partial charge in [-0.15, -0.1) is 0 Å².